The topological polar surface area (TPSA) is 33.1 Å². The summed E-state index contributed by atoms with van der Waals surface area (Å²) in [7, 11) is 0. The molecule has 80 valence electrons. The van der Waals surface area contributed by atoms with Gasteiger partial charge in [0.1, 0.15) is 11.5 Å². The van der Waals surface area contributed by atoms with Crippen LogP contribution in [-0.2, 0) is 4.74 Å². The molecule has 0 bridgehead atoms. The van der Waals surface area contributed by atoms with Crippen LogP contribution in [0.25, 0.3) is 0 Å². The van der Waals surface area contributed by atoms with Crippen LogP contribution in [-0.4, -0.2) is 6.21 Å². The average molecular weight is 315 g/mol. The predicted octanol–water partition coefficient (Wildman–Crippen LogP) is 4.13. The van der Waals surface area contributed by atoms with Gasteiger partial charge >= 0.3 is 0 Å². The maximum atomic E-state index is 6.95. The molecule has 3 heteroatoms. The molecule has 0 spiro atoms. The first-order valence-electron chi connectivity index (χ1n) is 4.38. The van der Waals surface area contributed by atoms with Crippen LogP contribution in [0.2, 0.25) is 0 Å². The monoisotopic (exact) mass is 315 g/mol. The number of allylic oxidation sites excluding steroid dienone is 6. The molecule has 0 aromatic rings. The largest absolute Gasteiger partial charge is 0.458 e. The summed E-state index contributed by atoms with van der Waals surface area (Å²) < 4.78 is 7.20. The maximum Gasteiger partial charge on any atom is 0.129 e. The van der Waals surface area contributed by atoms with E-state index in [4.69, 9.17) is 10.1 Å². The van der Waals surface area contributed by atoms with Crippen molar-refractivity contribution in [3.63, 3.8) is 0 Å². The number of nitrogens with one attached hydrogen (secondary N) is 1. The Hall–Kier alpha value is -1.10. The second-order valence-electron chi connectivity index (χ2n) is 2.48. The molecule has 0 amide bonds. The fraction of sp³-hybridized carbons (Fsp3) is 0.0833. The van der Waals surface area contributed by atoms with Crippen molar-refractivity contribution in [2.75, 3.05) is 0 Å². The van der Waals surface area contributed by atoms with Crippen molar-refractivity contribution < 1.29 is 4.74 Å². The van der Waals surface area contributed by atoms with E-state index in [1.807, 2.05) is 29.2 Å². The molecule has 0 unspecified atom stereocenters. The summed E-state index contributed by atoms with van der Waals surface area (Å²) in [6.07, 6.45) is 11.9. The van der Waals surface area contributed by atoms with Gasteiger partial charge in [0, 0.05) is 6.21 Å². The molecule has 0 atom stereocenters. The zero-order chi connectivity index (χ0) is 11.5. The lowest BCUT2D eigenvalue weighted by atomic mass is 10.4. The number of ether oxygens (including phenoxy) is 1. The zero-order valence-electron chi connectivity index (χ0n) is 8.61. The van der Waals surface area contributed by atoms with E-state index in [2.05, 4.69) is 29.2 Å². The average Bonchev–Trinajstić information content (AvgIpc) is 2.19. The van der Waals surface area contributed by atoms with Crippen LogP contribution in [0.5, 0.6) is 0 Å². The van der Waals surface area contributed by atoms with Crippen molar-refractivity contribution in [2.45, 2.75) is 6.92 Å². The van der Waals surface area contributed by atoms with Gasteiger partial charge in [0.05, 0.1) is 0 Å². The fourth-order valence-corrected chi connectivity index (χ4v) is 1.08. The van der Waals surface area contributed by atoms with Gasteiger partial charge in [-0.2, -0.15) is 0 Å². The van der Waals surface area contributed by atoms with Crippen molar-refractivity contribution in [3.8, 4) is 0 Å². The van der Waals surface area contributed by atoms with Crippen LogP contribution in [0.3, 0.4) is 0 Å². The lowest BCUT2D eigenvalue weighted by molar-refractivity contribution is 0.339. The standard InChI is InChI=1S/C12H14INO/c1-3-4-5-6-11(2)15-12(7-9-13)8-10-14/h3-10,14H,2H2,1H3/b4-3-,6-5-,9-7-,12-8+,14-10?. The molecule has 0 saturated heterocycles. The molecular formula is C12H14INO. The highest BCUT2D eigenvalue weighted by Crippen LogP contribution is 2.08. The Morgan fingerprint density at radius 1 is 1.33 bits per heavy atom. The van der Waals surface area contributed by atoms with Gasteiger partial charge in [-0.15, -0.1) is 0 Å². The van der Waals surface area contributed by atoms with E-state index >= 15 is 0 Å². The highest BCUT2D eigenvalue weighted by Gasteiger charge is 1.93. The van der Waals surface area contributed by atoms with Gasteiger partial charge < -0.3 is 10.1 Å². The van der Waals surface area contributed by atoms with Crippen molar-refractivity contribution in [1.29, 1.82) is 5.41 Å². The van der Waals surface area contributed by atoms with E-state index in [0.29, 0.717) is 11.5 Å². The van der Waals surface area contributed by atoms with Crippen LogP contribution >= 0.6 is 22.6 Å². The first-order valence-corrected chi connectivity index (χ1v) is 5.62. The molecule has 1 N–H and O–H groups in total. The Morgan fingerprint density at radius 3 is 2.60 bits per heavy atom. The number of hydrogen-bond donors (Lipinski definition) is 1. The Morgan fingerprint density at radius 2 is 2.07 bits per heavy atom. The van der Waals surface area contributed by atoms with Crippen LogP contribution in [0, 0.1) is 5.41 Å². The highest BCUT2D eigenvalue weighted by molar-refractivity contribution is 14.1. The fourth-order valence-electron chi connectivity index (χ4n) is 0.727. The molecule has 0 rings (SSSR count). The van der Waals surface area contributed by atoms with E-state index in [0.717, 1.165) is 0 Å². The van der Waals surface area contributed by atoms with E-state index in [-0.39, 0.29) is 0 Å². The summed E-state index contributed by atoms with van der Waals surface area (Å²) >= 11 is 2.09. The third-order valence-electron chi connectivity index (χ3n) is 1.31. The molecule has 0 saturated carbocycles. The summed E-state index contributed by atoms with van der Waals surface area (Å²) in [6, 6.07) is 0. The summed E-state index contributed by atoms with van der Waals surface area (Å²) in [6.45, 7) is 5.67. The Balaban J connectivity index is 4.36. The molecule has 0 aliphatic carbocycles. The minimum atomic E-state index is 0.538. The number of halogens is 1. The quantitative estimate of drug-likeness (QED) is 0.340. The molecule has 15 heavy (non-hydrogen) atoms. The van der Waals surface area contributed by atoms with E-state index in [1.165, 1.54) is 6.21 Å². The SMILES string of the molecule is C=C(/C=C\C=C/C)OC(/C=C\I)=C/C=N. The van der Waals surface area contributed by atoms with Crippen molar-refractivity contribution in [2.24, 2.45) is 0 Å². The van der Waals surface area contributed by atoms with Crippen LogP contribution < -0.4 is 0 Å². The van der Waals surface area contributed by atoms with Crippen molar-refractivity contribution in [3.05, 3.63) is 58.6 Å². The van der Waals surface area contributed by atoms with Gasteiger partial charge in [-0.05, 0) is 29.2 Å². The molecule has 0 heterocycles. The van der Waals surface area contributed by atoms with Crippen LogP contribution in [0.4, 0.5) is 0 Å². The van der Waals surface area contributed by atoms with Crippen LogP contribution in [0.1, 0.15) is 6.92 Å². The number of hydrogen-bond acceptors (Lipinski definition) is 2. The van der Waals surface area contributed by atoms with E-state index in [9.17, 15) is 0 Å². The zero-order valence-corrected chi connectivity index (χ0v) is 10.8. The maximum absolute atomic E-state index is 6.95. The third-order valence-corrected chi connectivity index (χ3v) is 1.67. The molecule has 0 aliphatic rings. The minimum Gasteiger partial charge on any atom is -0.458 e. The summed E-state index contributed by atoms with van der Waals surface area (Å²) in [5.74, 6) is 1.13. The second-order valence-corrected chi connectivity index (χ2v) is 3.20. The minimum absolute atomic E-state index is 0.538. The summed E-state index contributed by atoms with van der Waals surface area (Å²) in [4.78, 5) is 0. The van der Waals surface area contributed by atoms with E-state index in [1.54, 1.807) is 18.2 Å². The van der Waals surface area contributed by atoms with Crippen LogP contribution in [0.15, 0.2) is 58.6 Å². The van der Waals surface area contributed by atoms with Gasteiger partial charge in [0.15, 0.2) is 0 Å². The van der Waals surface area contributed by atoms with Crippen molar-refractivity contribution in [1.82, 2.24) is 0 Å². The lowest BCUT2D eigenvalue weighted by Crippen LogP contribution is -1.87. The first-order chi connectivity index (χ1) is 7.24. The molecular weight excluding hydrogens is 301 g/mol. The molecule has 0 radical (unpaired) electrons. The summed E-state index contributed by atoms with van der Waals surface area (Å²) in [5.41, 5.74) is 0. The van der Waals surface area contributed by atoms with Crippen molar-refractivity contribution >= 4 is 28.8 Å². The van der Waals surface area contributed by atoms with Gasteiger partial charge in [-0.1, -0.05) is 47.4 Å². The first kappa shape index (κ1) is 13.9. The van der Waals surface area contributed by atoms with Gasteiger partial charge in [0.25, 0.3) is 0 Å². The predicted molar refractivity (Wildman–Crippen MR) is 74.2 cm³/mol. The van der Waals surface area contributed by atoms with E-state index < -0.39 is 0 Å². The number of rotatable bonds is 6. The summed E-state index contributed by atoms with van der Waals surface area (Å²) in [5, 5.41) is 6.95. The lowest BCUT2D eigenvalue weighted by Gasteiger charge is -2.04. The van der Waals surface area contributed by atoms with Gasteiger partial charge in [0.2, 0.25) is 0 Å². The molecule has 0 aromatic heterocycles. The Labute approximate surface area is 104 Å². The Kier molecular flexibility index (Phi) is 8.76. The molecule has 0 fully saturated rings. The Bertz CT molecular complexity index is 325. The molecule has 0 aliphatic heterocycles. The molecule has 2 nitrogen and oxygen atoms in total. The normalized spacial score (nSPS) is 12.8. The second kappa shape index (κ2) is 9.45. The van der Waals surface area contributed by atoms with Gasteiger partial charge in [-0.3, -0.25) is 0 Å². The highest BCUT2D eigenvalue weighted by atomic mass is 127. The van der Waals surface area contributed by atoms with Gasteiger partial charge in [-0.25, -0.2) is 0 Å². The smallest absolute Gasteiger partial charge is 0.129 e. The molecule has 0 aromatic carbocycles. The third kappa shape index (κ3) is 7.93.